The number of esters is 1. The predicted molar refractivity (Wildman–Crippen MR) is 93.2 cm³/mol. The number of ether oxygens (including phenoxy) is 2. The molecule has 7 nitrogen and oxygen atoms in total. The molecule has 0 heterocycles. The van der Waals surface area contributed by atoms with Crippen molar-refractivity contribution in [3.8, 4) is 5.75 Å². The SMILES string of the molecule is CCOC(=O)/C=C/C(=O)NNC(=O)CCCOc1ccc(Cl)cc1Cl. The van der Waals surface area contributed by atoms with E-state index in [1.165, 1.54) is 0 Å². The molecule has 1 aromatic carbocycles. The molecule has 2 amide bonds. The molecule has 0 saturated heterocycles. The monoisotopic (exact) mass is 388 g/mol. The maximum absolute atomic E-state index is 11.6. The van der Waals surface area contributed by atoms with Gasteiger partial charge in [0.15, 0.2) is 0 Å². The van der Waals surface area contributed by atoms with Gasteiger partial charge in [-0.15, -0.1) is 0 Å². The van der Waals surface area contributed by atoms with Crippen molar-refractivity contribution >= 4 is 41.0 Å². The Morgan fingerprint density at radius 2 is 1.92 bits per heavy atom. The molecule has 0 aliphatic rings. The first-order valence-electron chi connectivity index (χ1n) is 7.44. The Morgan fingerprint density at radius 3 is 2.60 bits per heavy atom. The highest BCUT2D eigenvalue weighted by molar-refractivity contribution is 6.35. The van der Waals surface area contributed by atoms with E-state index in [0.29, 0.717) is 22.2 Å². The Labute approximate surface area is 155 Å². The van der Waals surface area contributed by atoms with E-state index in [0.717, 1.165) is 12.2 Å². The molecule has 0 atom stereocenters. The predicted octanol–water partition coefficient (Wildman–Crippen LogP) is 2.42. The maximum atomic E-state index is 11.6. The average molecular weight is 389 g/mol. The van der Waals surface area contributed by atoms with Gasteiger partial charge in [-0.3, -0.25) is 20.4 Å². The minimum absolute atomic E-state index is 0.132. The van der Waals surface area contributed by atoms with Crippen LogP contribution in [0.3, 0.4) is 0 Å². The van der Waals surface area contributed by atoms with Crippen LogP contribution in [0.5, 0.6) is 5.75 Å². The van der Waals surface area contributed by atoms with Crippen LogP contribution in [-0.4, -0.2) is 31.0 Å². The normalized spacial score (nSPS) is 10.4. The first kappa shape index (κ1) is 20.8. The second-order valence-electron chi connectivity index (χ2n) is 4.65. The number of halogens is 2. The molecular formula is C16H18Cl2N2O5. The van der Waals surface area contributed by atoms with Crippen molar-refractivity contribution in [2.24, 2.45) is 0 Å². The molecule has 1 aromatic rings. The second kappa shape index (κ2) is 11.3. The van der Waals surface area contributed by atoms with Gasteiger partial charge in [0.1, 0.15) is 5.75 Å². The molecule has 25 heavy (non-hydrogen) atoms. The summed E-state index contributed by atoms with van der Waals surface area (Å²) in [7, 11) is 0. The Hall–Kier alpha value is -2.25. The van der Waals surface area contributed by atoms with Crippen molar-refractivity contribution in [2.75, 3.05) is 13.2 Å². The van der Waals surface area contributed by atoms with Gasteiger partial charge in [-0.05, 0) is 31.5 Å². The molecular weight excluding hydrogens is 371 g/mol. The minimum Gasteiger partial charge on any atom is -0.492 e. The number of benzene rings is 1. The van der Waals surface area contributed by atoms with Crippen LogP contribution in [0.4, 0.5) is 0 Å². The van der Waals surface area contributed by atoms with Crippen molar-refractivity contribution in [2.45, 2.75) is 19.8 Å². The van der Waals surface area contributed by atoms with Crippen molar-refractivity contribution in [1.29, 1.82) is 0 Å². The standard InChI is InChI=1S/C16H18Cl2N2O5/c1-2-24-16(23)8-7-15(22)20-19-14(21)4-3-9-25-13-6-5-11(17)10-12(13)18/h5-8,10H,2-4,9H2,1H3,(H,19,21)(H,20,22)/b8-7+. The second-order valence-corrected chi connectivity index (χ2v) is 5.49. The number of amides is 2. The molecule has 9 heteroatoms. The van der Waals surface area contributed by atoms with E-state index < -0.39 is 17.8 Å². The van der Waals surface area contributed by atoms with Crippen LogP contribution in [0.15, 0.2) is 30.4 Å². The summed E-state index contributed by atoms with van der Waals surface area (Å²) in [6.45, 7) is 2.13. The molecule has 0 bridgehead atoms. The van der Waals surface area contributed by atoms with Gasteiger partial charge in [-0.1, -0.05) is 23.2 Å². The van der Waals surface area contributed by atoms with Crippen molar-refractivity contribution in [3.05, 3.63) is 40.4 Å². The smallest absolute Gasteiger partial charge is 0.330 e. The summed E-state index contributed by atoms with van der Waals surface area (Å²) in [6.07, 6.45) is 2.48. The summed E-state index contributed by atoms with van der Waals surface area (Å²) in [5.41, 5.74) is 4.36. The number of carbonyl (C=O) groups is 3. The number of nitrogens with one attached hydrogen (secondary N) is 2. The van der Waals surface area contributed by atoms with E-state index in [-0.39, 0.29) is 19.6 Å². The third-order valence-corrected chi connectivity index (χ3v) is 3.21. The first-order chi connectivity index (χ1) is 11.9. The Kier molecular flexibility index (Phi) is 9.42. The maximum Gasteiger partial charge on any atom is 0.330 e. The molecule has 0 fully saturated rings. The quantitative estimate of drug-likeness (QED) is 0.308. The highest BCUT2D eigenvalue weighted by Gasteiger charge is 2.05. The zero-order valence-corrected chi connectivity index (χ0v) is 15.0. The van der Waals surface area contributed by atoms with Crippen LogP contribution in [0.25, 0.3) is 0 Å². The van der Waals surface area contributed by atoms with Crippen LogP contribution in [0, 0.1) is 0 Å². The third kappa shape index (κ3) is 8.97. The van der Waals surface area contributed by atoms with Gasteiger partial charge in [-0.25, -0.2) is 4.79 Å². The van der Waals surface area contributed by atoms with Gasteiger partial charge in [-0.2, -0.15) is 0 Å². The summed E-state index contributed by atoms with van der Waals surface area (Å²) in [6, 6.07) is 4.85. The van der Waals surface area contributed by atoms with E-state index in [1.54, 1.807) is 25.1 Å². The molecule has 0 spiro atoms. The van der Waals surface area contributed by atoms with E-state index in [1.807, 2.05) is 0 Å². The van der Waals surface area contributed by atoms with E-state index in [9.17, 15) is 14.4 Å². The largest absolute Gasteiger partial charge is 0.492 e. The fourth-order valence-corrected chi connectivity index (χ4v) is 2.04. The zero-order chi connectivity index (χ0) is 18.7. The van der Waals surface area contributed by atoms with E-state index in [4.69, 9.17) is 27.9 Å². The van der Waals surface area contributed by atoms with E-state index >= 15 is 0 Å². The van der Waals surface area contributed by atoms with Crippen LogP contribution < -0.4 is 15.6 Å². The summed E-state index contributed by atoms with van der Waals surface area (Å²) < 4.78 is 10.0. The van der Waals surface area contributed by atoms with Crippen LogP contribution in [0.1, 0.15) is 19.8 Å². The molecule has 0 aliphatic heterocycles. The third-order valence-electron chi connectivity index (χ3n) is 2.68. The van der Waals surface area contributed by atoms with Crippen molar-refractivity contribution in [3.63, 3.8) is 0 Å². The number of rotatable bonds is 8. The summed E-state index contributed by atoms with van der Waals surface area (Å²) in [5, 5.41) is 0.891. The lowest BCUT2D eigenvalue weighted by Crippen LogP contribution is -2.40. The van der Waals surface area contributed by atoms with E-state index in [2.05, 4.69) is 15.6 Å². The molecule has 0 aromatic heterocycles. The average Bonchev–Trinajstić information content (AvgIpc) is 2.56. The lowest BCUT2D eigenvalue weighted by molar-refractivity contribution is -0.137. The molecule has 1 rings (SSSR count). The van der Waals surface area contributed by atoms with Gasteiger partial charge < -0.3 is 9.47 Å². The number of hydrazine groups is 1. The van der Waals surface area contributed by atoms with Gasteiger partial charge in [0.2, 0.25) is 5.91 Å². The van der Waals surface area contributed by atoms with Gasteiger partial charge in [0.05, 0.1) is 18.2 Å². The minimum atomic E-state index is -0.648. The summed E-state index contributed by atoms with van der Waals surface area (Å²) >= 11 is 11.7. The van der Waals surface area contributed by atoms with Crippen molar-refractivity contribution in [1.82, 2.24) is 10.9 Å². The Morgan fingerprint density at radius 1 is 1.16 bits per heavy atom. The molecule has 0 unspecified atom stereocenters. The topological polar surface area (TPSA) is 93.7 Å². The molecule has 0 aliphatic carbocycles. The van der Waals surface area contributed by atoms with Crippen LogP contribution in [0.2, 0.25) is 10.0 Å². The molecule has 136 valence electrons. The molecule has 2 N–H and O–H groups in total. The highest BCUT2D eigenvalue weighted by atomic mass is 35.5. The number of hydrogen-bond acceptors (Lipinski definition) is 5. The highest BCUT2D eigenvalue weighted by Crippen LogP contribution is 2.27. The molecule has 0 radical (unpaired) electrons. The molecule has 0 saturated carbocycles. The Balaban J connectivity index is 2.20. The van der Waals surface area contributed by atoms with Gasteiger partial charge in [0, 0.05) is 23.6 Å². The lowest BCUT2D eigenvalue weighted by atomic mass is 10.3. The fourth-order valence-electron chi connectivity index (χ4n) is 1.58. The zero-order valence-electron chi connectivity index (χ0n) is 13.5. The first-order valence-corrected chi connectivity index (χ1v) is 8.19. The van der Waals surface area contributed by atoms with Gasteiger partial charge in [0.25, 0.3) is 5.91 Å². The number of hydrogen-bond donors (Lipinski definition) is 2. The van der Waals surface area contributed by atoms with Crippen LogP contribution >= 0.6 is 23.2 Å². The lowest BCUT2D eigenvalue weighted by Gasteiger charge is -2.08. The Bertz CT molecular complexity index is 649. The van der Waals surface area contributed by atoms with Crippen LogP contribution in [-0.2, 0) is 19.1 Å². The summed E-state index contributed by atoms with van der Waals surface area (Å²) in [5.74, 6) is -1.21. The number of carbonyl (C=O) groups excluding carboxylic acids is 3. The van der Waals surface area contributed by atoms with Gasteiger partial charge >= 0.3 is 5.97 Å². The summed E-state index contributed by atoms with van der Waals surface area (Å²) in [4.78, 5) is 33.9. The fraction of sp³-hybridized carbons (Fsp3) is 0.312. The van der Waals surface area contributed by atoms with Crippen molar-refractivity contribution < 1.29 is 23.9 Å².